The maximum atomic E-state index is 11.7. The number of amides is 3. The van der Waals surface area contributed by atoms with Crippen molar-refractivity contribution in [2.75, 3.05) is 5.75 Å². The van der Waals surface area contributed by atoms with Crippen LogP contribution in [0.15, 0.2) is 35.2 Å². The molecule has 1 aromatic rings. The van der Waals surface area contributed by atoms with E-state index in [1.807, 2.05) is 30.3 Å². The maximum Gasteiger partial charge on any atom is 0.321 e. The Balaban J connectivity index is 2.33. The topological polar surface area (TPSA) is 84.5 Å². The Morgan fingerprint density at radius 2 is 1.77 bits per heavy atom. The zero-order chi connectivity index (χ0) is 16.5. The minimum atomic E-state index is -1.03. The molecule has 0 bridgehead atoms. The first-order chi connectivity index (χ1) is 10.4. The van der Waals surface area contributed by atoms with E-state index in [4.69, 9.17) is 4.74 Å². The van der Waals surface area contributed by atoms with Crippen LogP contribution in [-0.4, -0.2) is 35.8 Å². The summed E-state index contributed by atoms with van der Waals surface area (Å²) < 4.78 is 4.99. The van der Waals surface area contributed by atoms with E-state index < -0.39 is 24.0 Å². The van der Waals surface area contributed by atoms with Gasteiger partial charge in [-0.15, -0.1) is 11.8 Å². The van der Waals surface area contributed by atoms with Gasteiger partial charge in [-0.05, 0) is 32.9 Å². The Morgan fingerprint density at radius 1 is 1.14 bits per heavy atom. The summed E-state index contributed by atoms with van der Waals surface area (Å²) in [4.78, 5) is 35.7. The van der Waals surface area contributed by atoms with E-state index in [2.05, 4.69) is 10.6 Å². The van der Waals surface area contributed by atoms with Gasteiger partial charge in [0.05, 0.1) is 5.75 Å². The number of nitrogens with one attached hydrogen (secondary N) is 2. The molecule has 0 fully saturated rings. The lowest BCUT2D eigenvalue weighted by molar-refractivity contribution is -0.151. The number of hydrogen-bond donors (Lipinski definition) is 2. The number of rotatable bonds is 6. The summed E-state index contributed by atoms with van der Waals surface area (Å²) in [5, 5.41) is 4.63. The van der Waals surface area contributed by atoms with Gasteiger partial charge in [-0.3, -0.25) is 14.9 Å². The smallest absolute Gasteiger partial charge is 0.321 e. The predicted octanol–water partition coefficient (Wildman–Crippen LogP) is 1.94. The fourth-order valence-corrected chi connectivity index (χ4v) is 2.16. The van der Waals surface area contributed by atoms with Gasteiger partial charge in [0.1, 0.15) is 0 Å². The van der Waals surface area contributed by atoms with Gasteiger partial charge in [0, 0.05) is 10.9 Å². The largest absolute Gasteiger partial charge is 0.452 e. The number of carbonyl (C=O) groups excluding carboxylic acids is 3. The molecule has 0 saturated carbocycles. The fraction of sp³-hybridized carbons (Fsp3) is 0.400. The van der Waals surface area contributed by atoms with Crippen molar-refractivity contribution in [1.29, 1.82) is 0 Å². The van der Waals surface area contributed by atoms with Crippen molar-refractivity contribution in [3.63, 3.8) is 0 Å². The summed E-state index contributed by atoms with van der Waals surface area (Å²) in [6.07, 6.45) is -1.03. The second kappa shape index (κ2) is 9.09. The van der Waals surface area contributed by atoms with Crippen LogP contribution < -0.4 is 10.6 Å². The van der Waals surface area contributed by atoms with Gasteiger partial charge in [-0.2, -0.15) is 0 Å². The number of benzene rings is 1. The van der Waals surface area contributed by atoms with Crippen LogP contribution in [-0.2, 0) is 14.3 Å². The molecule has 0 aromatic heterocycles. The number of imide groups is 1. The van der Waals surface area contributed by atoms with Crippen molar-refractivity contribution in [2.45, 2.75) is 37.8 Å². The quantitative estimate of drug-likeness (QED) is 0.617. The zero-order valence-electron chi connectivity index (χ0n) is 12.8. The molecule has 1 rings (SSSR count). The van der Waals surface area contributed by atoms with E-state index in [0.29, 0.717) is 0 Å². The SMILES string of the molecule is CC(C)NC(=O)NC(=O)[C@H](C)OC(=O)CSc1ccccc1. The summed E-state index contributed by atoms with van der Waals surface area (Å²) in [7, 11) is 0. The first kappa shape index (κ1) is 18.0. The number of esters is 1. The van der Waals surface area contributed by atoms with Crippen molar-refractivity contribution in [3.05, 3.63) is 30.3 Å². The third kappa shape index (κ3) is 7.12. The monoisotopic (exact) mass is 324 g/mol. The van der Waals surface area contributed by atoms with Crippen LogP contribution >= 0.6 is 11.8 Å². The van der Waals surface area contributed by atoms with E-state index >= 15 is 0 Å². The van der Waals surface area contributed by atoms with Crippen molar-refractivity contribution >= 4 is 29.7 Å². The number of thioether (sulfide) groups is 1. The molecule has 2 N–H and O–H groups in total. The predicted molar refractivity (Wildman–Crippen MR) is 84.5 cm³/mol. The Hall–Kier alpha value is -2.02. The molecule has 0 saturated heterocycles. The molecule has 120 valence electrons. The third-order valence-corrected chi connectivity index (χ3v) is 3.42. The standard InChI is InChI=1S/C15H20N2O4S/c1-10(2)16-15(20)17-14(19)11(3)21-13(18)9-22-12-7-5-4-6-8-12/h4-8,10-11H,9H2,1-3H3,(H2,16,17,19,20)/t11-/m0/s1. The molecule has 0 unspecified atom stereocenters. The van der Waals surface area contributed by atoms with Crippen LogP contribution in [0.3, 0.4) is 0 Å². The summed E-state index contributed by atoms with van der Waals surface area (Å²) in [6, 6.07) is 8.69. The van der Waals surface area contributed by atoms with Crippen LogP contribution in [0, 0.1) is 0 Å². The molecule has 0 spiro atoms. The molecule has 1 atom stereocenters. The summed E-state index contributed by atoms with van der Waals surface area (Å²) in [5.74, 6) is -1.07. The molecule has 0 aliphatic heterocycles. The minimum Gasteiger partial charge on any atom is -0.452 e. The van der Waals surface area contributed by atoms with Crippen molar-refractivity contribution in [2.24, 2.45) is 0 Å². The molecule has 0 radical (unpaired) electrons. The molecule has 6 nitrogen and oxygen atoms in total. The number of urea groups is 1. The van der Waals surface area contributed by atoms with Gasteiger partial charge in [0.2, 0.25) is 0 Å². The second-order valence-electron chi connectivity index (χ2n) is 4.85. The molecular weight excluding hydrogens is 304 g/mol. The van der Waals surface area contributed by atoms with Gasteiger partial charge >= 0.3 is 12.0 Å². The molecule has 0 aliphatic carbocycles. The van der Waals surface area contributed by atoms with Crippen LogP contribution in [0.25, 0.3) is 0 Å². The summed E-state index contributed by atoms with van der Waals surface area (Å²) in [6.45, 7) is 4.96. The highest BCUT2D eigenvalue weighted by atomic mass is 32.2. The van der Waals surface area contributed by atoms with E-state index in [0.717, 1.165) is 4.90 Å². The lowest BCUT2D eigenvalue weighted by Crippen LogP contribution is -2.46. The van der Waals surface area contributed by atoms with Crippen LogP contribution in [0.2, 0.25) is 0 Å². The number of carbonyl (C=O) groups is 3. The first-order valence-electron chi connectivity index (χ1n) is 6.87. The van der Waals surface area contributed by atoms with Crippen molar-refractivity contribution in [1.82, 2.24) is 10.6 Å². The average molecular weight is 324 g/mol. The van der Waals surface area contributed by atoms with Gasteiger partial charge in [0.25, 0.3) is 5.91 Å². The summed E-state index contributed by atoms with van der Waals surface area (Å²) >= 11 is 1.32. The number of hydrogen-bond acceptors (Lipinski definition) is 5. The Labute approximate surface area is 134 Å². The Kier molecular flexibility index (Phi) is 7.45. The second-order valence-corrected chi connectivity index (χ2v) is 5.90. The third-order valence-electron chi connectivity index (χ3n) is 2.43. The molecule has 0 aliphatic rings. The number of ether oxygens (including phenoxy) is 1. The Morgan fingerprint density at radius 3 is 2.36 bits per heavy atom. The molecule has 0 heterocycles. The van der Waals surface area contributed by atoms with E-state index in [-0.39, 0.29) is 11.8 Å². The van der Waals surface area contributed by atoms with Crippen molar-refractivity contribution < 1.29 is 19.1 Å². The van der Waals surface area contributed by atoms with Crippen LogP contribution in [0.5, 0.6) is 0 Å². The normalized spacial score (nSPS) is 11.6. The van der Waals surface area contributed by atoms with Crippen molar-refractivity contribution in [3.8, 4) is 0 Å². The highest BCUT2D eigenvalue weighted by Crippen LogP contribution is 2.17. The molecule has 7 heteroatoms. The molecule has 3 amide bonds. The van der Waals surface area contributed by atoms with Crippen LogP contribution in [0.4, 0.5) is 4.79 Å². The highest BCUT2D eigenvalue weighted by Gasteiger charge is 2.20. The first-order valence-corrected chi connectivity index (χ1v) is 7.85. The minimum absolute atomic E-state index is 0.0899. The lowest BCUT2D eigenvalue weighted by Gasteiger charge is -2.14. The lowest BCUT2D eigenvalue weighted by atomic mass is 10.3. The van der Waals surface area contributed by atoms with Crippen LogP contribution in [0.1, 0.15) is 20.8 Å². The van der Waals surface area contributed by atoms with E-state index in [1.54, 1.807) is 13.8 Å². The van der Waals surface area contributed by atoms with E-state index in [1.165, 1.54) is 18.7 Å². The van der Waals surface area contributed by atoms with E-state index in [9.17, 15) is 14.4 Å². The average Bonchev–Trinajstić information content (AvgIpc) is 2.45. The maximum absolute atomic E-state index is 11.7. The van der Waals surface area contributed by atoms with Gasteiger partial charge < -0.3 is 10.1 Å². The molecule has 22 heavy (non-hydrogen) atoms. The van der Waals surface area contributed by atoms with Gasteiger partial charge in [-0.25, -0.2) is 4.79 Å². The fourth-order valence-electron chi connectivity index (χ4n) is 1.46. The van der Waals surface area contributed by atoms with Gasteiger partial charge in [0.15, 0.2) is 6.10 Å². The van der Waals surface area contributed by atoms with Gasteiger partial charge in [-0.1, -0.05) is 18.2 Å². The summed E-state index contributed by atoms with van der Waals surface area (Å²) in [5.41, 5.74) is 0. The molecule has 1 aromatic carbocycles. The highest BCUT2D eigenvalue weighted by molar-refractivity contribution is 8.00. The molecular formula is C15H20N2O4S. The Bertz CT molecular complexity index is 520. The zero-order valence-corrected chi connectivity index (χ0v) is 13.6.